The molecule has 130 valence electrons. The fourth-order valence-electron chi connectivity index (χ4n) is 3.26. The Morgan fingerprint density at radius 3 is 2.92 bits per heavy atom. The van der Waals surface area contributed by atoms with Crippen molar-refractivity contribution in [3.05, 3.63) is 35.0 Å². The molecule has 0 spiro atoms. The smallest absolute Gasteiger partial charge is 0.274 e. The van der Waals surface area contributed by atoms with Crippen molar-refractivity contribution in [3.8, 4) is 0 Å². The lowest BCUT2D eigenvalue weighted by Crippen LogP contribution is -2.29. The molecular formula is C18H26N4O2. The van der Waals surface area contributed by atoms with Crippen LogP contribution in [0.1, 0.15) is 61.5 Å². The van der Waals surface area contributed by atoms with E-state index in [2.05, 4.69) is 36.3 Å². The van der Waals surface area contributed by atoms with Crippen LogP contribution in [-0.4, -0.2) is 20.8 Å². The molecule has 0 radical (unpaired) electrons. The lowest BCUT2D eigenvalue weighted by Gasteiger charge is -2.33. The number of nitrogens with one attached hydrogen (secondary N) is 1. The second kappa shape index (κ2) is 6.42. The van der Waals surface area contributed by atoms with E-state index in [1.807, 2.05) is 17.8 Å². The van der Waals surface area contributed by atoms with Crippen LogP contribution >= 0.6 is 0 Å². The van der Waals surface area contributed by atoms with Gasteiger partial charge < -0.3 is 9.84 Å². The minimum atomic E-state index is -0.168. The molecule has 2 aromatic rings. The molecular weight excluding hydrogens is 304 g/mol. The Labute approximate surface area is 142 Å². The molecule has 2 heterocycles. The molecule has 0 fully saturated rings. The molecule has 1 aliphatic carbocycles. The number of nitrogens with zero attached hydrogens (tertiary/aromatic N) is 3. The number of amides is 1. The first-order valence-electron chi connectivity index (χ1n) is 8.65. The van der Waals surface area contributed by atoms with Gasteiger partial charge in [-0.25, -0.2) is 0 Å². The van der Waals surface area contributed by atoms with Gasteiger partial charge in [0.25, 0.3) is 5.91 Å². The van der Waals surface area contributed by atoms with Gasteiger partial charge in [-0.1, -0.05) is 25.9 Å². The molecule has 1 atom stereocenters. The Kier molecular flexibility index (Phi) is 4.47. The summed E-state index contributed by atoms with van der Waals surface area (Å²) in [7, 11) is 0. The first kappa shape index (κ1) is 16.7. The SMILES string of the molecule is CCn1cc(CNC(=O)c2noc3c2C[C@H](C(C)(C)C)CC3)cn1. The van der Waals surface area contributed by atoms with Crippen molar-refractivity contribution < 1.29 is 9.32 Å². The maximum atomic E-state index is 12.5. The van der Waals surface area contributed by atoms with Crippen molar-refractivity contribution in [2.45, 2.75) is 60.0 Å². The Morgan fingerprint density at radius 2 is 2.25 bits per heavy atom. The minimum Gasteiger partial charge on any atom is -0.360 e. The third-order valence-corrected chi connectivity index (χ3v) is 4.94. The van der Waals surface area contributed by atoms with E-state index in [4.69, 9.17) is 4.52 Å². The first-order valence-corrected chi connectivity index (χ1v) is 8.65. The summed E-state index contributed by atoms with van der Waals surface area (Å²) in [5.74, 6) is 1.25. The average Bonchev–Trinajstić information content (AvgIpc) is 3.17. The fraction of sp³-hybridized carbons (Fsp3) is 0.611. The van der Waals surface area contributed by atoms with E-state index in [9.17, 15) is 4.79 Å². The number of hydrogen-bond acceptors (Lipinski definition) is 4. The van der Waals surface area contributed by atoms with Crippen LogP contribution in [0, 0.1) is 11.3 Å². The van der Waals surface area contributed by atoms with Crippen LogP contribution in [0.3, 0.4) is 0 Å². The number of carbonyl (C=O) groups excluding carboxylic acids is 1. The van der Waals surface area contributed by atoms with E-state index in [0.29, 0.717) is 18.2 Å². The molecule has 0 saturated heterocycles. The molecule has 1 N–H and O–H groups in total. The van der Waals surface area contributed by atoms with Crippen LogP contribution < -0.4 is 5.32 Å². The largest absolute Gasteiger partial charge is 0.360 e. The van der Waals surface area contributed by atoms with Gasteiger partial charge in [0, 0.05) is 36.8 Å². The van der Waals surface area contributed by atoms with Crippen LogP contribution in [0.25, 0.3) is 0 Å². The van der Waals surface area contributed by atoms with E-state index in [1.165, 1.54) is 0 Å². The molecule has 0 aliphatic heterocycles. The Hall–Kier alpha value is -2.11. The van der Waals surface area contributed by atoms with Crippen LogP contribution in [-0.2, 0) is 25.9 Å². The van der Waals surface area contributed by atoms with Gasteiger partial charge in [0.05, 0.1) is 6.20 Å². The monoisotopic (exact) mass is 330 g/mol. The predicted octanol–water partition coefficient (Wildman–Crippen LogP) is 2.97. The van der Waals surface area contributed by atoms with Crippen molar-refractivity contribution in [1.82, 2.24) is 20.3 Å². The molecule has 1 amide bonds. The zero-order valence-corrected chi connectivity index (χ0v) is 14.9. The third-order valence-electron chi connectivity index (χ3n) is 4.94. The number of hydrogen-bond donors (Lipinski definition) is 1. The maximum absolute atomic E-state index is 12.5. The highest BCUT2D eigenvalue weighted by molar-refractivity contribution is 5.93. The predicted molar refractivity (Wildman–Crippen MR) is 90.5 cm³/mol. The van der Waals surface area contributed by atoms with Gasteiger partial charge in [-0.05, 0) is 31.1 Å². The van der Waals surface area contributed by atoms with Crippen LogP contribution in [0.5, 0.6) is 0 Å². The van der Waals surface area contributed by atoms with E-state index in [1.54, 1.807) is 6.20 Å². The highest BCUT2D eigenvalue weighted by atomic mass is 16.5. The summed E-state index contributed by atoms with van der Waals surface area (Å²) in [6.07, 6.45) is 6.52. The zero-order valence-electron chi connectivity index (χ0n) is 14.9. The Balaban J connectivity index is 1.69. The highest BCUT2D eigenvalue weighted by Crippen LogP contribution is 2.38. The molecule has 1 aliphatic rings. The number of carbonyl (C=O) groups is 1. The standard InChI is InChI=1S/C18H26N4O2/c1-5-22-11-12(10-20-22)9-19-17(23)16-14-8-13(18(2,3)4)6-7-15(14)24-21-16/h10-11,13H,5-9H2,1-4H3,(H,19,23)/t13-/m1/s1. The van der Waals surface area contributed by atoms with E-state index >= 15 is 0 Å². The number of fused-ring (bicyclic) bond motifs is 1. The topological polar surface area (TPSA) is 73.0 Å². The van der Waals surface area contributed by atoms with Gasteiger partial charge in [0.1, 0.15) is 5.76 Å². The summed E-state index contributed by atoms with van der Waals surface area (Å²) in [5, 5.41) is 11.2. The number of rotatable bonds is 4. The number of aromatic nitrogens is 3. The Morgan fingerprint density at radius 1 is 1.46 bits per heavy atom. The lowest BCUT2D eigenvalue weighted by atomic mass is 9.71. The molecule has 6 nitrogen and oxygen atoms in total. The summed E-state index contributed by atoms with van der Waals surface area (Å²) in [5.41, 5.74) is 2.64. The average molecular weight is 330 g/mol. The van der Waals surface area contributed by atoms with Crippen molar-refractivity contribution in [3.63, 3.8) is 0 Å². The normalized spacial score (nSPS) is 17.6. The van der Waals surface area contributed by atoms with E-state index in [-0.39, 0.29) is 11.3 Å². The van der Waals surface area contributed by atoms with Gasteiger partial charge in [-0.15, -0.1) is 0 Å². The second-order valence-corrected chi connectivity index (χ2v) is 7.63. The van der Waals surface area contributed by atoms with Crippen LogP contribution in [0.15, 0.2) is 16.9 Å². The summed E-state index contributed by atoms with van der Waals surface area (Å²) in [6, 6.07) is 0. The molecule has 0 saturated carbocycles. The molecule has 0 bridgehead atoms. The lowest BCUT2D eigenvalue weighted by molar-refractivity contribution is 0.0940. The zero-order chi connectivity index (χ0) is 17.3. The van der Waals surface area contributed by atoms with Crippen molar-refractivity contribution in [1.29, 1.82) is 0 Å². The molecule has 6 heteroatoms. The quantitative estimate of drug-likeness (QED) is 0.935. The fourth-order valence-corrected chi connectivity index (χ4v) is 3.26. The number of aryl methyl sites for hydroxylation is 2. The van der Waals surface area contributed by atoms with E-state index < -0.39 is 0 Å². The van der Waals surface area contributed by atoms with Crippen molar-refractivity contribution in [2.75, 3.05) is 0 Å². The minimum absolute atomic E-state index is 0.168. The van der Waals surface area contributed by atoms with Gasteiger partial charge in [0.15, 0.2) is 5.69 Å². The second-order valence-electron chi connectivity index (χ2n) is 7.63. The first-order chi connectivity index (χ1) is 11.4. The van der Waals surface area contributed by atoms with Crippen molar-refractivity contribution in [2.24, 2.45) is 11.3 Å². The van der Waals surface area contributed by atoms with Crippen LogP contribution in [0.4, 0.5) is 0 Å². The molecule has 0 aromatic carbocycles. The van der Waals surface area contributed by atoms with Crippen LogP contribution in [0.2, 0.25) is 0 Å². The third kappa shape index (κ3) is 3.37. The maximum Gasteiger partial charge on any atom is 0.274 e. The summed E-state index contributed by atoms with van der Waals surface area (Å²) >= 11 is 0. The van der Waals surface area contributed by atoms with Gasteiger partial charge in [0.2, 0.25) is 0 Å². The molecule has 24 heavy (non-hydrogen) atoms. The van der Waals surface area contributed by atoms with Gasteiger partial charge >= 0.3 is 0 Å². The summed E-state index contributed by atoms with van der Waals surface area (Å²) in [6.45, 7) is 10.1. The Bertz CT molecular complexity index is 724. The van der Waals surface area contributed by atoms with Crippen molar-refractivity contribution >= 4 is 5.91 Å². The molecule has 3 rings (SSSR count). The van der Waals surface area contributed by atoms with Gasteiger partial charge in [-0.3, -0.25) is 9.48 Å². The molecule has 2 aromatic heterocycles. The highest BCUT2D eigenvalue weighted by Gasteiger charge is 2.34. The molecule has 0 unspecified atom stereocenters. The van der Waals surface area contributed by atoms with Gasteiger partial charge in [-0.2, -0.15) is 5.10 Å². The van der Waals surface area contributed by atoms with E-state index in [0.717, 1.165) is 42.7 Å². The summed E-state index contributed by atoms with van der Waals surface area (Å²) < 4.78 is 7.26. The summed E-state index contributed by atoms with van der Waals surface area (Å²) in [4.78, 5) is 12.5.